The van der Waals surface area contributed by atoms with Crippen LogP contribution >= 0.6 is 0 Å². The molecular weight excluding hydrogens is 565 g/mol. The number of pyridine rings is 1. The third kappa shape index (κ3) is 11.1. The number of carbonyl (C=O) groups excluding carboxylic acids is 1. The number of rotatable bonds is 11. The van der Waals surface area contributed by atoms with Crippen LogP contribution in [0.4, 0.5) is 29.6 Å². The highest BCUT2D eigenvalue weighted by molar-refractivity contribution is 5.79. The van der Waals surface area contributed by atoms with E-state index in [0.717, 1.165) is 15.9 Å². The lowest BCUT2D eigenvalue weighted by atomic mass is 10.2. The second-order valence-electron chi connectivity index (χ2n) is 8.65. The van der Waals surface area contributed by atoms with Gasteiger partial charge in [-0.15, -0.1) is 0 Å². The molecule has 0 aliphatic heterocycles. The monoisotopic (exact) mass is 594 g/mol. The first-order chi connectivity index (χ1) is 19.8. The number of halogens is 3. The minimum absolute atomic E-state index is 0.00412. The molecule has 1 atom stereocenters. The molecule has 0 radical (unpaired) electrons. The zero-order valence-electron chi connectivity index (χ0n) is 22.5. The Morgan fingerprint density at radius 3 is 2.31 bits per heavy atom. The Kier molecular flexibility index (Phi) is 12.3. The van der Waals surface area contributed by atoms with Crippen molar-refractivity contribution >= 4 is 29.7 Å². The van der Waals surface area contributed by atoms with Crippen LogP contribution in [-0.4, -0.2) is 75.1 Å². The number of nitrogens with one attached hydrogen (secondary N) is 2. The maximum Gasteiger partial charge on any atom is 0.490 e. The number of nitrogens with zero attached hydrogens (tertiary/aromatic N) is 4. The average molecular weight is 595 g/mol. The Labute approximate surface area is 237 Å². The topological polar surface area (TPSA) is 176 Å². The number of hydrogen-bond acceptors (Lipinski definition) is 9. The minimum atomic E-state index is -5.08. The Morgan fingerprint density at radius 1 is 1.10 bits per heavy atom. The van der Waals surface area contributed by atoms with Gasteiger partial charge in [-0.3, -0.25) is 4.57 Å². The van der Waals surface area contributed by atoms with E-state index in [4.69, 9.17) is 14.6 Å². The van der Waals surface area contributed by atoms with Gasteiger partial charge in [0.15, 0.2) is 0 Å². The van der Waals surface area contributed by atoms with Gasteiger partial charge in [0.2, 0.25) is 0 Å². The molecule has 4 N–H and O–H groups in total. The number of carboxylic acids is 2. The summed E-state index contributed by atoms with van der Waals surface area (Å²) in [7, 11) is 1.81. The molecule has 2 aromatic heterocycles. The van der Waals surface area contributed by atoms with Gasteiger partial charge in [-0.25, -0.2) is 24.2 Å². The Balaban J connectivity index is 0.000000782. The molecule has 42 heavy (non-hydrogen) atoms. The Hall–Kier alpha value is -5.15. The number of hydrogen-bond donors (Lipinski definition) is 4. The number of benzene rings is 1. The minimum Gasteiger partial charge on any atom is -0.480 e. The number of carbonyl (C=O) groups is 3. The summed E-state index contributed by atoms with van der Waals surface area (Å²) < 4.78 is 38.0. The second kappa shape index (κ2) is 15.6. The predicted molar refractivity (Wildman–Crippen MR) is 144 cm³/mol. The maximum absolute atomic E-state index is 12.6. The molecule has 16 heteroatoms. The van der Waals surface area contributed by atoms with Gasteiger partial charge in [-0.2, -0.15) is 18.2 Å². The van der Waals surface area contributed by atoms with Crippen LogP contribution in [0, 0.1) is 6.92 Å². The number of ether oxygens (including phenoxy) is 1. The molecule has 0 saturated carbocycles. The summed E-state index contributed by atoms with van der Waals surface area (Å²) in [6.45, 7) is 2.61. The molecule has 2 heterocycles. The molecule has 0 fully saturated rings. The highest BCUT2D eigenvalue weighted by atomic mass is 19.4. The van der Waals surface area contributed by atoms with E-state index in [9.17, 15) is 32.7 Å². The van der Waals surface area contributed by atoms with E-state index in [1.807, 2.05) is 36.2 Å². The third-order valence-electron chi connectivity index (χ3n) is 5.35. The number of aromatic nitrogens is 3. The zero-order chi connectivity index (χ0) is 31.3. The van der Waals surface area contributed by atoms with Gasteiger partial charge in [-0.05, 0) is 24.6 Å². The molecule has 3 aromatic rings. The molecule has 13 nitrogen and oxygen atoms in total. The molecule has 0 spiro atoms. The van der Waals surface area contributed by atoms with Crippen LogP contribution in [0.5, 0.6) is 0 Å². The van der Waals surface area contributed by atoms with Crippen molar-refractivity contribution < 1.29 is 42.5 Å². The molecule has 226 valence electrons. The maximum atomic E-state index is 12.6. The van der Waals surface area contributed by atoms with Crippen molar-refractivity contribution in [2.75, 3.05) is 30.4 Å². The summed E-state index contributed by atoms with van der Waals surface area (Å²) in [5.74, 6) is -2.83. The fourth-order valence-corrected chi connectivity index (χ4v) is 3.32. The number of anilines is 2. The number of alkyl carbamates (subject to hydrolysis) is 1. The highest BCUT2D eigenvalue weighted by Crippen LogP contribution is 2.14. The summed E-state index contributed by atoms with van der Waals surface area (Å²) in [5.41, 5.74) is 0.821. The molecule has 0 saturated heterocycles. The van der Waals surface area contributed by atoms with E-state index in [2.05, 4.69) is 20.6 Å². The van der Waals surface area contributed by atoms with Crippen molar-refractivity contribution in [3.05, 3.63) is 82.5 Å². The van der Waals surface area contributed by atoms with Crippen LogP contribution in [0.2, 0.25) is 0 Å². The van der Waals surface area contributed by atoms with Gasteiger partial charge in [-0.1, -0.05) is 36.4 Å². The van der Waals surface area contributed by atoms with Crippen LogP contribution in [0.1, 0.15) is 11.1 Å². The summed E-state index contributed by atoms with van der Waals surface area (Å²) in [4.78, 5) is 55.4. The predicted octanol–water partition coefficient (Wildman–Crippen LogP) is 2.51. The molecule has 1 aromatic carbocycles. The van der Waals surface area contributed by atoms with E-state index < -0.39 is 35.9 Å². The van der Waals surface area contributed by atoms with Gasteiger partial charge >= 0.3 is 29.9 Å². The van der Waals surface area contributed by atoms with E-state index in [1.165, 1.54) is 6.20 Å². The smallest absolute Gasteiger partial charge is 0.480 e. The number of amides is 1. The first-order valence-corrected chi connectivity index (χ1v) is 12.2. The van der Waals surface area contributed by atoms with Gasteiger partial charge in [0.1, 0.15) is 24.3 Å². The summed E-state index contributed by atoms with van der Waals surface area (Å²) in [5, 5.41) is 22.1. The number of alkyl halides is 3. The molecule has 0 aliphatic rings. The quantitative estimate of drug-likeness (QED) is 0.257. The summed E-state index contributed by atoms with van der Waals surface area (Å²) in [6.07, 6.45) is -2.75. The van der Waals surface area contributed by atoms with Crippen LogP contribution < -0.4 is 21.2 Å². The average Bonchev–Trinajstić information content (AvgIpc) is 2.94. The van der Waals surface area contributed by atoms with Crippen molar-refractivity contribution in [3.63, 3.8) is 0 Å². The standard InChI is InChI=1S/C24H28N6O5.C2HF3O2/c1-17-14-30(15-19(22(31)32)27-24(34)35-16-18-8-4-3-5-9-18)23(33)28-21(17)29(2)13-12-26-20-10-6-7-11-25-20;3-2(4,5)1(6)7/h3-11,14,19H,12-13,15-16H2,1-2H3,(H,25,26)(H,27,34)(H,31,32);(H,6,7)/t19-;/m0./s1. The van der Waals surface area contributed by atoms with Gasteiger partial charge < -0.3 is 30.5 Å². The van der Waals surface area contributed by atoms with Crippen LogP contribution in [0.15, 0.2) is 65.7 Å². The fraction of sp³-hybridized carbons (Fsp3) is 0.308. The second-order valence-corrected chi connectivity index (χ2v) is 8.65. The number of aryl methyl sites for hydroxylation is 1. The SMILES string of the molecule is Cc1cn(C[C@H](NC(=O)OCc2ccccc2)C(=O)O)c(=O)nc1N(C)CCNc1ccccn1.O=C(O)C(F)(F)F. The first-order valence-electron chi connectivity index (χ1n) is 12.2. The zero-order valence-corrected chi connectivity index (χ0v) is 22.5. The van der Waals surface area contributed by atoms with Gasteiger partial charge in [0.25, 0.3) is 0 Å². The summed E-state index contributed by atoms with van der Waals surface area (Å²) >= 11 is 0. The number of carboxylic acid groups (broad SMARTS) is 2. The highest BCUT2D eigenvalue weighted by Gasteiger charge is 2.38. The largest absolute Gasteiger partial charge is 0.490 e. The van der Waals surface area contributed by atoms with Crippen LogP contribution in [0.3, 0.4) is 0 Å². The summed E-state index contributed by atoms with van der Waals surface area (Å²) in [6, 6.07) is 13.2. The van der Waals surface area contributed by atoms with Crippen molar-refractivity contribution in [3.8, 4) is 0 Å². The van der Waals surface area contributed by atoms with Crippen LogP contribution in [0.25, 0.3) is 0 Å². The third-order valence-corrected chi connectivity index (χ3v) is 5.35. The van der Waals surface area contributed by atoms with Crippen molar-refractivity contribution in [1.82, 2.24) is 19.9 Å². The lowest BCUT2D eigenvalue weighted by Crippen LogP contribution is -2.46. The number of likely N-dealkylation sites (N-methyl/N-ethyl adjacent to an activating group) is 1. The van der Waals surface area contributed by atoms with E-state index in [-0.39, 0.29) is 13.2 Å². The Bertz CT molecular complexity index is 1390. The molecule has 3 rings (SSSR count). The molecule has 0 bridgehead atoms. The lowest BCUT2D eigenvalue weighted by Gasteiger charge is -2.22. The van der Waals surface area contributed by atoms with Crippen molar-refractivity contribution in [2.24, 2.45) is 0 Å². The van der Waals surface area contributed by atoms with Crippen molar-refractivity contribution in [1.29, 1.82) is 0 Å². The molecule has 0 unspecified atom stereocenters. The van der Waals surface area contributed by atoms with Gasteiger partial charge in [0, 0.05) is 38.1 Å². The normalized spacial score (nSPS) is 11.4. The molecule has 1 amide bonds. The van der Waals surface area contributed by atoms with E-state index >= 15 is 0 Å². The fourth-order valence-electron chi connectivity index (χ4n) is 3.32. The van der Waals surface area contributed by atoms with Gasteiger partial charge in [0.05, 0.1) is 6.54 Å². The van der Waals surface area contributed by atoms with E-state index in [0.29, 0.717) is 24.5 Å². The van der Waals surface area contributed by atoms with Crippen molar-refractivity contribution in [2.45, 2.75) is 32.3 Å². The first kappa shape index (κ1) is 33.1. The molecule has 0 aliphatic carbocycles. The number of aliphatic carboxylic acids is 2. The lowest BCUT2D eigenvalue weighted by molar-refractivity contribution is -0.192. The van der Waals surface area contributed by atoms with Crippen LogP contribution in [-0.2, 0) is 27.5 Å². The Morgan fingerprint density at radius 2 is 1.74 bits per heavy atom. The molecular formula is C26H29F3N6O7. The van der Waals surface area contributed by atoms with E-state index in [1.54, 1.807) is 37.4 Å².